The highest BCUT2D eigenvalue weighted by Crippen LogP contribution is 2.08. The third-order valence-corrected chi connectivity index (χ3v) is 3.08. The Balaban J connectivity index is 1.85. The van der Waals surface area contributed by atoms with Gasteiger partial charge in [0.25, 0.3) is 0 Å². The van der Waals surface area contributed by atoms with E-state index in [9.17, 15) is 4.79 Å². The Morgan fingerprint density at radius 3 is 2.65 bits per heavy atom. The second-order valence-electron chi connectivity index (χ2n) is 5.04. The summed E-state index contributed by atoms with van der Waals surface area (Å²) in [5.41, 5.74) is 2.00. The van der Waals surface area contributed by atoms with Gasteiger partial charge in [-0.05, 0) is 26.1 Å². The number of hydrogen-bond donors (Lipinski definition) is 1. The van der Waals surface area contributed by atoms with Crippen molar-refractivity contribution in [2.75, 3.05) is 18.9 Å². The summed E-state index contributed by atoms with van der Waals surface area (Å²) in [6, 6.07) is 7.78. The highest BCUT2D eigenvalue weighted by molar-refractivity contribution is 5.92. The van der Waals surface area contributed by atoms with Crippen molar-refractivity contribution in [1.29, 1.82) is 0 Å². The lowest BCUT2D eigenvalue weighted by atomic mass is 10.2. The second-order valence-corrected chi connectivity index (χ2v) is 5.04. The molecule has 0 bridgehead atoms. The molecule has 0 radical (unpaired) electrons. The van der Waals surface area contributed by atoms with Crippen LogP contribution in [0.5, 0.6) is 0 Å². The number of carbonyl (C=O) groups is 1. The van der Waals surface area contributed by atoms with Crippen LogP contribution in [-0.4, -0.2) is 34.0 Å². The molecule has 1 aromatic heterocycles. The van der Waals surface area contributed by atoms with Crippen molar-refractivity contribution >= 4 is 11.6 Å². The van der Waals surface area contributed by atoms with E-state index in [1.807, 2.05) is 60.9 Å². The van der Waals surface area contributed by atoms with Crippen LogP contribution in [-0.2, 0) is 18.4 Å². The standard InChI is InChI=1S/C15H20N4O/c1-12-4-6-13(7-5-12)17-15(20)11-18(2)10-14-16-8-9-19(14)3/h4-9H,10-11H2,1-3H3,(H,17,20). The zero-order valence-corrected chi connectivity index (χ0v) is 12.1. The quantitative estimate of drug-likeness (QED) is 0.903. The van der Waals surface area contributed by atoms with Crippen LogP contribution in [0.2, 0.25) is 0 Å². The average molecular weight is 272 g/mol. The molecule has 0 aliphatic carbocycles. The normalized spacial score (nSPS) is 10.8. The SMILES string of the molecule is Cc1ccc(NC(=O)CN(C)Cc2nccn2C)cc1. The third-order valence-electron chi connectivity index (χ3n) is 3.08. The van der Waals surface area contributed by atoms with Gasteiger partial charge in [-0.2, -0.15) is 0 Å². The second kappa shape index (κ2) is 6.34. The molecular formula is C15H20N4O. The number of nitrogens with zero attached hydrogens (tertiary/aromatic N) is 3. The van der Waals surface area contributed by atoms with Crippen LogP contribution in [0.4, 0.5) is 5.69 Å². The van der Waals surface area contributed by atoms with E-state index < -0.39 is 0 Å². The van der Waals surface area contributed by atoms with Gasteiger partial charge in [0, 0.05) is 25.1 Å². The molecule has 0 saturated heterocycles. The molecular weight excluding hydrogens is 252 g/mol. The molecule has 0 aliphatic heterocycles. The smallest absolute Gasteiger partial charge is 0.238 e. The number of imidazole rings is 1. The molecule has 0 aliphatic rings. The Kier molecular flexibility index (Phi) is 4.53. The number of aryl methyl sites for hydroxylation is 2. The number of benzene rings is 1. The van der Waals surface area contributed by atoms with Gasteiger partial charge in [0.2, 0.25) is 5.91 Å². The van der Waals surface area contributed by atoms with E-state index in [4.69, 9.17) is 0 Å². The number of aromatic nitrogens is 2. The van der Waals surface area contributed by atoms with E-state index in [-0.39, 0.29) is 5.91 Å². The van der Waals surface area contributed by atoms with Crippen molar-refractivity contribution in [2.24, 2.45) is 7.05 Å². The number of carbonyl (C=O) groups excluding carboxylic acids is 1. The lowest BCUT2D eigenvalue weighted by molar-refractivity contribution is -0.117. The highest BCUT2D eigenvalue weighted by Gasteiger charge is 2.09. The lowest BCUT2D eigenvalue weighted by Gasteiger charge is -2.16. The van der Waals surface area contributed by atoms with Crippen molar-refractivity contribution in [2.45, 2.75) is 13.5 Å². The number of anilines is 1. The van der Waals surface area contributed by atoms with Crippen molar-refractivity contribution in [3.8, 4) is 0 Å². The van der Waals surface area contributed by atoms with Crippen LogP contribution in [0, 0.1) is 6.92 Å². The first kappa shape index (κ1) is 14.3. The summed E-state index contributed by atoms with van der Waals surface area (Å²) in [4.78, 5) is 18.1. The zero-order valence-electron chi connectivity index (χ0n) is 12.1. The summed E-state index contributed by atoms with van der Waals surface area (Å²) in [7, 11) is 3.85. The maximum Gasteiger partial charge on any atom is 0.238 e. The molecule has 1 amide bonds. The molecule has 20 heavy (non-hydrogen) atoms. The van der Waals surface area contributed by atoms with Gasteiger partial charge in [0.1, 0.15) is 5.82 Å². The van der Waals surface area contributed by atoms with E-state index in [1.54, 1.807) is 6.20 Å². The highest BCUT2D eigenvalue weighted by atomic mass is 16.2. The maximum absolute atomic E-state index is 11.9. The molecule has 5 heteroatoms. The molecule has 0 unspecified atom stereocenters. The van der Waals surface area contributed by atoms with E-state index in [0.717, 1.165) is 11.5 Å². The summed E-state index contributed by atoms with van der Waals surface area (Å²) < 4.78 is 1.95. The summed E-state index contributed by atoms with van der Waals surface area (Å²) >= 11 is 0. The van der Waals surface area contributed by atoms with Gasteiger partial charge in [0.05, 0.1) is 13.1 Å². The van der Waals surface area contributed by atoms with E-state index in [1.165, 1.54) is 5.56 Å². The van der Waals surface area contributed by atoms with Gasteiger partial charge in [-0.1, -0.05) is 17.7 Å². The fraction of sp³-hybridized carbons (Fsp3) is 0.333. The van der Waals surface area contributed by atoms with E-state index in [2.05, 4.69) is 10.3 Å². The predicted octanol–water partition coefficient (Wildman–Crippen LogP) is 1.80. The zero-order chi connectivity index (χ0) is 14.5. The van der Waals surface area contributed by atoms with Crippen LogP contribution >= 0.6 is 0 Å². The van der Waals surface area contributed by atoms with Crippen LogP contribution in [0.3, 0.4) is 0 Å². The van der Waals surface area contributed by atoms with Gasteiger partial charge in [-0.3, -0.25) is 9.69 Å². The predicted molar refractivity (Wildman–Crippen MR) is 79.4 cm³/mol. The van der Waals surface area contributed by atoms with E-state index >= 15 is 0 Å². The number of amides is 1. The van der Waals surface area contributed by atoms with Gasteiger partial charge in [0.15, 0.2) is 0 Å². The first-order valence-corrected chi connectivity index (χ1v) is 6.56. The largest absolute Gasteiger partial charge is 0.337 e. The molecule has 0 fully saturated rings. The van der Waals surface area contributed by atoms with Crippen LogP contribution in [0.25, 0.3) is 0 Å². The van der Waals surface area contributed by atoms with Gasteiger partial charge in [-0.25, -0.2) is 4.98 Å². The van der Waals surface area contributed by atoms with Crippen LogP contribution < -0.4 is 5.32 Å². The molecule has 0 atom stereocenters. The molecule has 1 aromatic carbocycles. The van der Waals surface area contributed by atoms with Crippen molar-refractivity contribution in [1.82, 2.24) is 14.5 Å². The molecule has 2 rings (SSSR count). The monoisotopic (exact) mass is 272 g/mol. The van der Waals surface area contributed by atoms with Crippen molar-refractivity contribution in [3.63, 3.8) is 0 Å². The van der Waals surface area contributed by atoms with Gasteiger partial charge >= 0.3 is 0 Å². The Labute approximate surface area is 119 Å². The van der Waals surface area contributed by atoms with Gasteiger partial charge in [-0.15, -0.1) is 0 Å². The fourth-order valence-corrected chi connectivity index (χ4v) is 1.93. The molecule has 1 N–H and O–H groups in total. The first-order chi connectivity index (χ1) is 9.54. The number of nitrogens with one attached hydrogen (secondary N) is 1. The Morgan fingerprint density at radius 1 is 1.35 bits per heavy atom. The third kappa shape index (κ3) is 3.93. The Bertz CT molecular complexity index is 574. The summed E-state index contributed by atoms with van der Waals surface area (Å²) in [6.45, 7) is 3.00. The molecule has 106 valence electrons. The minimum atomic E-state index is -0.0226. The van der Waals surface area contributed by atoms with Crippen molar-refractivity contribution in [3.05, 3.63) is 48.0 Å². The Hall–Kier alpha value is -2.14. The topological polar surface area (TPSA) is 50.2 Å². The van der Waals surface area contributed by atoms with Crippen molar-refractivity contribution < 1.29 is 4.79 Å². The molecule has 2 aromatic rings. The summed E-state index contributed by atoms with van der Waals surface area (Å²) in [6.07, 6.45) is 3.66. The maximum atomic E-state index is 11.9. The van der Waals surface area contributed by atoms with E-state index in [0.29, 0.717) is 13.1 Å². The van der Waals surface area contributed by atoms with Crippen LogP contribution in [0.1, 0.15) is 11.4 Å². The minimum Gasteiger partial charge on any atom is -0.337 e. The Morgan fingerprint density at radius 2 is 2.05 bits per heavy atom. The summed E-state index contributed by atoms with van der Waals surface area (Å²) in [5, 5.41) is 2.89. The average Bonchev–Trinajstić information content (AvgIpc) is 2.77. The fourth-order valence-electron chi connectivity index (χ4n) is 1.93. The first-order valence-electron chi connectivity index (χ1n) is 6.56. The molecule has 5 nitrogen and oxygen atoms in total. The number of rotatable bonds is 5. The van der Waals surface area contributed by atoms with Crippen LogP contribution in [0.15, 0.2) is 36.7 Å². The molecule has 0 spiro atoms. The molecule has 0 saturated carbocycles. The number of hydrogen-bond acceptors (Lipinski definition) is 3. The summed E-state index contributed by atoms with van der Waals surface area (Å²) in [5.74, 6) is 0.918. The van der Waals surface area contributed by atoms with Gasteiger partial charge < -0.3 is 9.88 Å². The lowest BCUT2D eigenvalue weighted by Crippen LogP contribution is -2.30. The minimum absolute atomic E-state index is 0.0226. The number of likely N-dealkylation sites (N-methyl/N-ethyl adjacent to an activating group) is 1. The molecule has 1 heterocycles.